The van der Waals surface area contributed by atoms with Crippen LogP contribution in [0.1, 0.15) is 224 Å². The fraction of sp³-hybridized carbons (Fsp3) is 0.897. The van der Waals surface area contributed by atoms with Crippen LogP contribution in [0.25, 0.3) is 0 Å². The van der Waals surface area contributed by atoms with Gasteiger partial charge in [-0.2, -0.15) is 0 Å². The van der Waals surface area contributed by atoms with Gasteiger partial charge >= 0.3 is 0 Å². The highest BCUT2D eigenvalue weighted by Gasteiger charge is 2.14. The zero-order chi connectivity index (χ0) is 29.6. The second-order valence-electron chi connectivity index (χ2n) is 13.1. The van der Waals surface area contributed by atoms with Gasteiger partial charge in [-0.05, 0) is 44.1 Å². The Morgan fingerprint density at radius 2 is 0.585 bits per heavy atom. The minimum absolute atomic E-state index is 0.966. The summed E-state index contributed by atoms with van der Waals surface area (Å²) >= 11 is 0. The van der Waals surface area contributed by atoms with E-state index in [9.17, 15) is 0 Å². The summed E-state index contributed by atoms with van der Waals surface area (Å²) in [4.78, 5) is 10.3. The molecule has 0 spiro atoms. The molecule has 0 N–H and O–H groups in total. The van der Waals surface area contributed by atoms with Gasteiger partial charge in [-0.25, -0.2) is 9.97 Å². The van der Waals surface area contributed by atoms with Crippen molar-refractivity contribution in [1.82, 2.24) is 9.97 Å². The second kappa shape index (κ2) is 29.2. The Hall–Kier alpha value is -0.920. The smallest absolute Gasteiger partial charge is 0.128 e. The minimum atomic E-state index is 0.966. The summed E-state index contributed by atoms with van der Waals surface area (Å²) in [6, 6.07) is 0. The van der Waals surface area contributed by atoms with Crippen LogP contribution in [0.4, 0.5) is 0 Å². The van der Waals surface area contributed by atoms with Gasteiger partial charge in [-0.1, -0.05) is 182 Å². The van der Waals surface area contributed by atoms with Crippen molar-refractivity contribution in [2.24, 2.45) is 0 Å². The SMILES string of the molecule is CCCCCCCCCCCc1nc(CC)nc(CCCCCCCCCCC)c1CCCCCCCCCCC. The Balaban J connectivity index is 2.60. The first-order chi connectivity index (χ1) is 20.3. The van der Waals surface area contributed by atoms with Crippen LogP contribution in [0, 0.1) is 0 Å². The maximum Gasteiger partial charge on any atom is 0.128 e. The molecule has 0 aliphatic carbocycles. The molecule has 0 saturated carbocycles. The highest BCUT2D eigenvalue weighted by molar-refractivity contribution is 5.27. The van der Waals surface area contributed by atoms with Gasteiger partial charge < -0.3 is 0 Å². The molecule has 2 nitrogen and oxygen atoms in total. The summed E-state index contributed by atoms with van der Waals surface area (Å²) in [5.74, 6) is 1.10. The predicted molar refractivity (Wildman–Crippen MR) is 184 cm³/mol. The Labute approximate surface area is 259 Å². The first kappa shape index (κ1) is 38.1. The number of hydrogen-bond donors (Lipinski definition) is 0. The maximum absolute atomic E-state index is 5.16. The fourth-order valence-corrected chi connectivity index (χ4v) is 6.32. The van der Waals surface area contributed by atoms with Crippen LogP contribution in [0.15, 0.2) is 0 Å². The summed E-state index contributed by atoms with van der Waals surface area (Å²) in [7, 11) is 0. The number of aryl methyl sites for hydroxylation is 3. The van der Waals surface area contributed by atoms with E-state index in [1.165, 1.54) is 204 Å². The van der Waals surface area contributed by atoms with Crippen molar-refractivity contribution in [3.63, 3.8) is 0 Å². The normalized spacial score (nSPS) is 11.5. The molecular formula is C39H74N2. The minimum Gasteiger partial charge on any atom is -0.238 e. The van der Waals surface area contributed by atoms with E-state index in [1.807, 2.05) is 0 Å². The summed E-state index contributed by atoms with van der Waals surface area (Å²) < 4.78 is 0. The average Bonchev–Trinajstić information content (AvgIpc) is 2.99. The third-order valence-electron chi connectivity index (χ3n) is 9.11. The van der Waals surface area contributed by atoms with Crippen molar-refractivity contribution in [3.05, 3.63) is 22.8 Å². The zero-order valence-electron chi connectivity index (χ0n) is 28.8. The van der Waals surface area contributed by atoms with Crippen molar-refractivity contribution >= 4 is 0 Å². The Morgan fingerprint density at radius 3 is 0.878 bits per heavy atom. The van der Waals surface area contributed by atoms with Gasteiger partial charge in [0.1, 0.15) is 5.82 Å². The van der Waals surface area contributed by atoms with Crippen LogP contribution in [-0.4, -0.2) is 9.97 Å². The van der Waals surface area contributed by atoms with Crippen LogP contribution >= 0.6 is 0 Å². The fourth-order valence-electron chi connectivity index (χ4n) is 6.32. The van der Waals surface area contributed by atoms with Crippen LogP contribution < -0.4 is 0 Å². The van der Waals surface area contributed by atoms with E-state index in [1.54, 1.807) is 5.56 Å². The lowest BCUT2D eigenvalue weighted by atomic mass is 9.96. The van der Waals surface area contributed by atoms with Crippen LogP contribution in [0.3, 0.4) is 0 Å². The molecule has 240 valence electrons. The largest absolute Gasteiger partial charge is 0.238 e. The quantitative estimate of drug-likeness (QED) is 0.0829. The summed E-state index contributed by atoms with van der Waals surface area (Å²) in [5, 5.41) is 0. The molecule has 0 amide bonds. The standard InChI is InChI=1S/C39H74N2/c1-5-9-12-15-18-21-24-27-30-33-36-37(34-31-28-25-22-19-16-13-10-6-2)40-39(8-4)41-38(36)35-32-29-26-23-20-17-14-11-7-3/h5-35H2,1-4H3. The number of unbranched alkanes of at least 4 members (excludes halogenated alkanes) is 24. The van der Waals surface area contributed by atoms with E-state index in [0.717, 1.165) is 12.2 Å². The summed E-state index contributed by atoms with van der Waals surface area (Å²) in [6.07, 6.45) is 42.2. The number of aromatic nitrogens is 2. The molecule has 0 aliphatic rings. The van der Waals surface area contributed by atoms with Gasteiger partial charge in [0.05, 0.1) is 0 Å². The first-order valence-corrected chi connectivity index (χ1v) is 19.1. The van der Waals surface area contributed by atoms with Crippen LogP contribution in [0.5, 0.6) is 0 Å². The van der Waals surface area contributed by atoms with Crippen molar-refractivity contribution < 1.29 is 0 Å². The molecule has 1 aromatic rings. The summed E-state index contributed by atoms with van der Waals surface area (Å²) in [6.45, 7) is 9.16. The molecular weight excluding hydrogens is 496 g/mol. The highest BCUT2D eigenvalue weighted by atomic mass is 14.9. The lowest BCUT2D eigenvalue weighted by Crippen LogP contribution is -2.11. The van der Waals surface area contributed by atoms with Crippen molar-refractivity contribution in [2.75, 3.05) is 0 Å². The molecule has 0 atom stereocenters. The van der Waals surface area contributed by atoms with E-state index in [2.05, 4.69) is 27.7 Å². The van der Waals surface area contributed by atoms with E-state index in [0.29, 0.717) is 0 Å². The van der Waals surface area contributed by atoms with Crippen molar-refractivity contribution in [1.29, 1.82) is 0 Å². The first-order valence-electron chi connectivity index (χ1n) is 19.1. The van der Waals surface area contributed by atoms with Gasteiger partial charge in [0.25, 0.3) is 0 Å². The highest BCUT2D eigenvalue weighted by Crippen LogP contribution is 2.22. The van der Waals surface area contributed by atoms with Gasteiger partial charge in [0.2, 0.25) is 0 Å². The van der Waals surface area contributed by atoms with Gasteiger partial charge in [-0.3, -0.25) is 0 Å². The molecule has 0 bridgehead atoms. The Bertz CT molecular complexity index is 639. The molecule has 0 fully saturated rings. The molecule has 1 aromatic heterocycles. The van der Waals surface area contributed by atoms with Crippen LogP contribution in [-0.2, 0) is 25.7 Å². The number of hydrogen-bond acceptors (Lipinski definition) is 2. The average molecular weight is 571 g/mol. The molecule has 41 heavy (non-hydrogen) atoms. The Morgan fingerprint density at radius 1 is 0.317 bits per heavy atom. The lowest BCUT2D eigenvalue weighted by Gasteiger charge is -2.16. The zero-order valence-corrected chi connectivity index (χ0v) is 28.8. The van der Waals surface area contributed by atoms with E-state index in [4.69, 9.17) is 9.97 Å². The molecule has 0 aromatic carbocycles. The Kier molecular flexibility index (Phi) is 27.1. The molecule has 0 aliphatic heterocycles. The molecule has 1 rings (SSSR count). The molecule has 2 heteroatoms. The van der Waals surface area contributed by atoms with Crippen molar-refractivity contribution in [3.8, 4) is 0 Å². The molecule has 0 unspecified atom stereocenters. The van der Waals surface area contributed by atoms with Crippen LogP contribution in [0.2, 0.25) is 0 Å². The molecule has 0 saturated heterocycles. The van der Waals surface area contributed by atoms with E-state index < -0.39 is 0 Å². The number of rotatable bonds is 31. The van der Waals surface area contributed by atoms with Gasteiger partial charge in [0, 0.05) is 17.8 Å². The van der Waals surface area contributed by atoms with Gasteiger partial charge in [0.15, 0.2) is 0 Å². The lowest BCUT2D eigenvalue weighted by molar-refractivity contribution is 0.553. The van der Waals surface area contributed by atoms with Crippen molar-refractivity contribution in [2.45, 2.75) is 227 Å². The monoisotopic (exact) mass is 571 g/mol. The third kappa shape index (κ3) is 21.4. The van der Waals surface area contributed by atoms with E-state index >= 15 is 0 Å². The number of nitrogens with zero attached hydrogens (tertiary/aromatic N) is 2. The maximum atomic E-state index is 5.16. The predicted octanol–water partition coefficient (Wildman–Crippen LogP) is 13.3. The van der Waals surface area contributed by atoms with Gasteiger partial charge in [-0.15, -0.1) is 0 Å². The topological polar surface area (TPSA) is 25.8 Å². The summed E-state index contributed by atoms with van der Waals surface area (Å²) in [5.41, 5.74) is 4.40. The van der Waals surface area contributed by atoms with E-state index in [-0.39, 0.29) is 0 Å². The molecule has 0 radical (unpaired) electrons. The molecule has 1 heterocycles. The second-order valence-corrected chi connectivity index (χ2v) is 13.1. The third-order valence-corrected chi connectivity index (χ3v) is 9.11.